The maximum atomic E-state index is 8.33. The Morgan fingerprint density at radius 1 is 0.571 bits per heavy atom. The maximum Gasteiger partial charge on any atom is 3.00 e. The molecule has 0 aromatic rings. The molecule has 0 unspecified atom stereocenters. The molecule has 0 saturated carbocycles. The molecule has 0 aromatic heterocycles. The quantitative estimate of drug-likeness (QED) is 0.339. The zero-order valence-corrected chi connectivity index (χ0v) is 13.0. The summed E-state index contributed by atoms with van der Waals surface area (Å²) in [5.74, 6) is 0. The standard InChI is InChI=1S/3CH2O3.Ce.La/c3*2-1(3)4;;/h3*(H2,2,3,4);;/q;;;2*+3/p-6. The molecule has 0 saturated heterocycles. The maximum absolute atomic E-state index is 8.33. The molecule has 14 heavy (non-hydrogen) atoms. The third kappa shape index (κ3) is 11000. The van der Waals surface area contributed by atoms with Crippen LogP contribution in [0.25, 0.3) is 0 Å². The Bertz CT molecular complexity index is 118. The minimum Gasteiger partial charge on any atom is -0.652 e. The molecule has 0 spiro atoms. The largest absolute Gasteiger partial charge is 3.00 e. The van der Waals surface area contributed by atoms with Crippen LogP contribution in [0, 0.1) is 77.3 Å². The third-order valence-electron chi connectivity index (χ3n) is 0. The molecule has 11 heteroatoms. The topological polar surface area (TPSA) is 190 Å². The van der Waals surface area contributed by atoms with Gasteiger partial charge in [-0.05, 0) is 18.5 Å². The van der Waals surface area contributed by atoms with Crippen molar-refractivity contribution < 1.29 is 122 Å². The molecule has 0 bridgehead atoms. The molecule has 0 atom stereocenters. The van der Waals surface area contributed by atoms with E-state index in [4.69, 9.17) is 45.0 Å². The summed E-state index contributed by atoms with van der Waals surface area (Å²) < 4.78 is 0. The fraction of sp³-hybridized carbons (Fsp3) is 0. The summed E-state index contributed by atoms with van der Waals surface area (Å²) in [7, 11) is 0. The Morgan fingerprint density at radius 3 is 0.571 bits per heavy atom. The number of carboxylic acid groups (broad SMARTS) is 6. The van der Waals surface area contributed by atoms with E-state index < -0.39 is 18.5 Å². The first-order valence-electron chi connectivity index (χ1n) is 1.84. The van der Waals surface area contributed by atoms with Gasteiger partial charge >= 0.3 is 77.3 Å². The number of hydrogen-bond acceptors (Lipinski definition) is 9. The molecule has 0 aromatic carbocycles. The molecule has 0 heterocycles. The third-order valence-corrected chi connectivity index (χ3v) is 0. The van der Waals surface area contributed by atoms with Gasteiger partial charge in [0.2, 0.25) is 0 Å². The number of rotatable bonds is 0. The fourth-order valence-corrected chi connectivity index (χ4v) is 0. The summed E-state index contributed by atoms with van der Waals surface area (Å²) >= 11 is 0. The molecular weight excluding hydrogens is 459 g/mol. The van der Waals surface area contributed by atoms with Gasteiger partial charge in [-0.25, -0.2) is 0 Å². The minimum atomic E-state index is -2.33. The monoisotopic (exact) mass is 459 g/mol. The summed E-state index contributed by atoms with van der Waals surface area (Å²) in [5.41, 5.74) is 0. The van der Waals surface area contributed by atoms with Crippen LogP contribution < -0.4 is 30.6 Å². The van der Waals surface area contributed by atoms with Crippen LogP contribution in [0.5, 0.6) is 0 Å². The number of hydrogen-bond donors (Lipinski definition) is 0. The summed E-state index contributed by atoms with van der Waals surface area (Å²) in [6.45, 7) is 0. The Morgan fingerprint density at radius 2 is 0.571 bits per heavy atom. The molecule has 0 aliphatic carbocycles. The van der Waals surface area contributed by atoms with Gasteiger partial charge in [0.15, 0.2) is 0 Å². The van der Waals surface area contributed by atoms with Crippen molar-refractivity contribution in [1.82, 2.24) is 0 Å². The van der Waals surface area contributed by atoms with Gasteiger partial charge in [-0.1, -0.05) is 0 Å². The van der Waals surface area contributed by atoms with E-state index in [1.807, 2.05) is 0 Å². The molecule has 1 radical (unpaired) electrons. The number of carbonyl (C=O) groups is 3. The number of carbonyl (C=O) groups excluding carboxylic acids is 3. The molecular formula is C3CeLaO9. The molecule has 73 valence electrons. The molecule has 0 aliphatic heterocycles. The van der Waals surface area contributed by atoms with Gasteiger partial charge in [-0.15, -0.1) is 0 Å². The van der Waals surface area contributed by atoms with Crippen LogP contribution >= 0.6 is 0 Å². The van der Waals surface area contributed by atoms with Gasteiger partial charge < -0.3 is 45.0 Å². The van der Waals surface area contributed by atoms with Crippen molar-refractivity contribution in [2.75, 3.05) is 0 Å². The van der Waals surface area contributed by atoms with Gasteiger partial charge in [-0.3, -0.25) is 0 Å². The first-order chi connectivity index (χ1) is 5.20. The predicted molar refractivity (Wildman–Crippen MR) is 16.2 cm³/mol. The van der Waals surface area contributed by atoms with Crippen molar-refractivity contribution >= 4 is 18.5 Å². The van der Waals surface area contributed by atoms with Crippen LogP contribution in [0.2, 0.25) is 0 Å². The van der Waals surface area contributed by atoms with Crippen molar-refractivity contribution in [2.24, 2.45) is 0 Å². The first-order valence-corrected chi connectivity index (χ1v) is 1.84. The van der Waals surface area contributed by atoms with E-state index in [9.17, 15) is 0 Å². The summed E-state index contributed by atoms with van der Waals surface area (Å²) in [6, 6.07) is 0. The Balaban J connectivity index is -0.0000000270. The fourth-order valence-electron chi connectivity index (χ4n) is 0. The average Bonchev–Trinajstić information content (AvgIpc) is 1.54. The minimum absolute atomic E-state index is 0. The molecule has 0 N–H and O–H groups in total. The second-order valence-electron chi connectivity index (χ2n) is 0.750. The van der Waals surface area contributed by atoms with Crippen molar-refractivity contribution in [1.29, 1.82) is 0 Å². The van der Waals surface area contributed by atoms with Crippen LogP contribution in [-0.2, 0) is 0 Å². The van der Waals surface area contributed by atoms with Crippen LogP contribution in [-0.4, -0.2) is 18.5 Å². The molecule has 0 amide bonds. The van der Waals surface area contributed by atoms with Crippen LogP contribution in [0.15, 0.2) is 0 Å². The van der Waals surface area contributed by atoms with Gasteiger partial charge in [0.1, 0.15) is 0 Å². The summed E-state index contributed by atoms with van der Waals surface area (Å²) in [5, 5.41) is 50.0. The van der Waals surface area contributed by atoms with Crippen molar-refractivity contribution in [3.8, 4) is 0 Å². The SMILES string of the molecule is O=C([O-])[O-].O=C([O-])[O-].O=C([O-])[O-].[Ce+3].[La+3]. The van der Waals surface area contributed by atoms with Crippen molar-refractivity contribution in [3.63, 3.8) is 0 Å². The Kier molecular flexibility index (Phi) is 48.7. The first kappa shape index (κ1) is 29.3. The average molecular weight is 459 g/mol. The van der Waals surface area contributed by atoms with E-state index in [2.05, 4.69) is 0 Å². The van der Waals surface area contributed by atoms with E-state index in [-0.39, 0.29) is 77.3 Å². The van der Waals surface area contributed by atoms with E-state index in [0.717, 1.165) is 0 Å². The van der Waals surface area contributed by atoms with E-state index in [1.54, 1.807) is 0 Å². The van der Waals surface area contributed by atoms with Crippen LogP contribution in [0.1, 0.15) is 0 Å². The zero-order valence-electron chi connectivity index (χ0n) is 6.25. The zero-order chi connectivity index (χ0) is 10.7. The molecule has 0 aliphatic rings. The second-order valence-corrected chi connectivity index (χ2v) is 0.750. The van der Waals surface area contributed by atoms with Crippen molar-refractivity contribution in [2.45, 2.75) is 0 Å². The van der Waals surface area contributed by atoms with Gasteiger partial charge in [0, 0.05) is 0 Å². The Hall–Kier alpha value is 0.381. The van der Waals surface area contributed by atoms with E-state index in [0.29, 0.717) is 0 Å². The molecule has 0 fully saturated rings. The predicted octanol–water partition coefficient (Wildman–Crippen LogP) is -7.34. The van der Waals surface area contributed by atoms with Crippen LogP contribution in [0.3, 0.4) is 0 Å². The summed E-state index contributed by atoms with van der Waals surface area (Å²) in [4.78, 5) is 25.0. The molecule has 0 rings (SSSR count). The van der Waals surface area contributed by atoms with Crippen LogP contribution in [0.4, 0.5) is 14.4 Å². The van der Waals surface area contributed by atoms with Gasteiger partial charge in [-0.2, -0.15) is 0 Å². The normalized spacial score (nSPS) is 5.14. The smallest absolute Gasteiger partial charge is 0.652 e. The van der Waals surface area contributed by atoms with E-state index in [1.165, 1.54) is 0 Å². The van der Waals surface area contributed by atoms with Gasteiger partial charge in [0.25, 0.3) is 0 Å². The second kappa shape index (κ2) is 23.3. The molecule has 9 nitrogen and oxygen atoms in total. The summed E-state index contributed by atoms with van der Waals surface area (Å²) in [6.07, 6.45) is -7.00. The Labute approximate surface area is 139 Å². The van der Waals surface area contributed by atoms with E-state index >= 15 is 0 Å². The van der Waals surface area contributed by atoms with Gasteiger partial charge in [0.05, 0.1) is 0 Å². The van der Waals surface area contributed by atoms with Crippen molar-refractivity contribution in [3.05, 3.63) is 0 Å².